The van der Waals surface area contributed by atoms with Crippen LogP contribution >= 0.6 is 0 Å². The van der Waals surface area contributed by atoms with Crippen molar-refractivity contribution in [2.75, 3.05) is 37.7 Å². The fourth-order valence-corrected chi connectivity index (χ4v) is 4.40. The molecule has 178 valence electrons. The van der Waals surface area contributed by atoms with E-state index in [4.69, 9.17) is 4.74 Å². The molecule has 1 saturated heterocycles. The van der Waals surface area contributed by atoms with Gasteiger partial charge in [-0.05, 0) is 61.5 Å². The number of halogens is 1. The Hall–Kier alpha value is -4.20. The first kappa shape index (κ1) is 22.6. The number of carbonyl (C=O) groups excluding carboxylic acids is 2. The molecule has 0 aliphatic carbocycles. The number of fused-ring (bicyclic) bond motifs is 1. The Morgan fingerprint density at radius 1 is 0.914 bits per heavy atom. The summed E-state index contributed by atoms with van der Waals surface area (Å²) in [6, 6.07) is 21.4. The summed E-state index contributed by atoms with van der Waals surface area (Å²) in [4.78, 5) is 33.6. The molecule has 0 atom stereocenters. The van der Waals surface area contributed by atoms with E-state index in [1.165, 1.54) is 12.1 Å². The smallest absolute Gasteiger partial charge is 0.338 e. The normalized spacial score (nSPS) is 13.8. The number of hydrogen-bond acceptors (Lipinski definition) is 5. The van der Waals surface area contributed by atoms with Crippen molar-refractivity contribution in [2.24, 2.45) is 0 Å². The van der Waals surface area contributed by atoms with E-state index in [1.807, 2.05) is 47.9 Å². The molecular weight excluding hydrogens is 447 g/mol. The fourth-order valence-electron chi connectivity index (χ4n) is 4.40. The Balaban J connectivity index is 1.19. The number of rotatable bonds is 5. The molecule has 2 heterocycles. The van der Waals surface area contributed by atoms with E-state index in [-0.39, 0.29) is 18.3 Å². The van der Waals surface area contributed by atoms with Crippen LogP contribution in [0, 0.1) is 12.7 Å². The molecule has 4 aromatic rings. The van der Waals surface area contributed by atoms with Gasteiger partial charge in [-0.25, -0.2) is 14.2 Å². The lowest BCUT2D eigenvalue weighted by molar-refractivity contribution is -0.134. The number of aryl methyl sites for hydroxylation is 1. The maximum Gasteiger partial charge on any atom is 0.338 e. The molecule has 3 aromatic carbocycles. The van der Waals surface area contributed by atoms with Gasteiger partial charge in [-0.3, -0.25) is 9.36 Å². The number of nitrogens with zero attached hydrogens (tertiary/aromatic N) is 4. The van der Waals surface area contributed by atoms with E-state index in [0.29, 0.717) is 37.3 Å². The number of carbonyl (C=O) groups is 2. The average Bonchev–Trinajstić information content (AvgIpc) is 3.23. The van der Waals surface area contributed by atoms with Gasteiger partial charge in [0.05, 0.1) is 16.6 Å². The van der Waals surface area contributed by atoms with Crippen LogP contribution in [-0.4, -0.2) is 59.1 Å². The van der Waals surface area contributed by atoms with Crippen LogP contribution in [0.15, 0.2) is 72.8 Å². The van der Waals surface area contributed by atoms with Crippen LogP contribution in [0.1, 0.15) is 16.2 Å². The lowest BCUT2D eigenvalue weighted by Gasteiger charge is -2.36. The molecule has 1 aliphatic heterocycles. The van der Waals surface area contributed by atoms with Crippen LogP contribution in [0.5, 0.6) is 0 Å². The zero-order valence-electron chi connectivity index (χ0n) is 19.4. The highest BCUT2D eigenvalue weighted by Crippen LogP contribution is 2.23. The number of piperazine rings is 1. The molecule has 1 aromatic heterocycles. The van der Waals surface area contributed by atoms with Gasteiger partial charge in [-0.2, -0.15) is 0 Å². The number of anilines is 1. The van der Waals surface area contributed by atoms with Crippen LogP contribution in [0.3, 0.4) is 0 Å². The number of ether oxygens (including phenoxy) is 1. The van der Waals surface area contributed by atoms with Crippen LogP contribution in [0.4, 0.5) is 10.1 Å². The summed E-state index contributed by atoms with van der Waals surface area (Å²) in [5, 5.41) is 0. The zero-order chi connectivity index (χ0) is 24.4. The molecule has 8 heteroatoms. The summed E-state index contributed by atoms with van der Waals surface area (Å²) in [6.07, 6.45) is 0. The van der Waals surface area contributed by atoms with Gasteiger partial charge in [-0.15, -0.1) is 0 Å². The summed E-state index contributed by atoms with van der Waals surface area (Å²) in [7, 11) is 0. The van der Waals surface area contributed by atoms with Crippen molar-refractivity contribution in [1.82, 2.24) is 14.5 Å². The van der Waals surface area contributed by atoms with Crippen LogP contribution in [0.25, 0.3) is 16.7 Å². The van der Waals surface area contributed by atoms with Crippen molar-refractivity contribution >= 4 is 28.6 Å². The molecule has 0 unspecified atom stereocenters. The van der Waals surface area contributed by atoms with Crippen LogP contribution < -0.4 is 4.90 Å². The number of hydrogen-bond donors (Lipinski definition) is 0. The minimum atomic E-state index is -0.558. The van der Waals surface area contributed by atoms with Crippen LogP contribution in [-0.2, 0) is 9.53 Å². The molecule has 5 rings (SSSR count). The molecule has 7 nitrogen and oxygen atoms in total. The second-order valence-electron chi connectivity index (χ2n) is 8.45. The number of amides is 1. The Morgan fingerprint density at radius 2 is 1.63 bits per heavy atom. The molecule has 0 saturated carbocycles. The largest absolute Gasteiger partial charge is 0.452 e. The highest BCUT2D eigenvalue weighted by atomic mass is 19.1. The van der Waals surface area contributed by atoms with E-state index in [0.717, 1.165) is 22.7 Å². The molecule has 0 N–H and O–H groups in total. The fraction of sp³-hybridized carbons (Fsp3) is 0.222. The number of esters is 1. The molecule has 0 spiro atoms. The number of benzene rings is 3. The predicted octanol–water partition coefficient (Wildman–Crippen LogP) is 3.98. The van der Waals surface area contributed by atoms with E-state index in [2.05, 4.69) is 9.88 Å². The lowest BCUT2D eigenvalue weighted by Crippen LogP contribution is -2.49. The van der Waals surface area contributed by atoms with Crippen molar-refractivity contribution in [1.29, 1.82) is 0 Å². The minimum Gasteiger partial charge on any atom is -0.452 e. The molecule has 35 heavy (non-hydrogen) atoms. The molecule has 0 bridgehead atoms. The average molecular weight is 473 g/mol. The summed E-state index contributed by atoms with van der Waals surface area (Å²) >= 11 is 0. The van der Waals surface area contributed by atoms with Gasteiger partial charge in [0.2, 0.25) is 0 Å². The van der Waals surface area contributed by atoms with E-state index < -0.39 is 5.97 Å². The van der Waals surface area contributed by atoms with E-state index in [9.17, 15) is 14.0 Å². The number of para-hydroxylation sites is 1. The number of imidazole rings is 1. The van der Waals surface area contributed by atoms with Gasteiger partial charge in [0.1, 0.15) is 11.6 Å². The number of aromatic nitrogens is 2. The van der Waals surface area contributed by atoms with Crippen LogP contribution in [0.2, 0.25) is 0 Å². The lowest BCUT2D eigenvalue weighted by atomic mass is 10.2. The van der Waals surface area contributed by atoms with Gasteiger partial charge >= 0.3 is 5.97 Å². The highest BCUT2D eigenvalue weighted by molar-refractivity contribution is 5.95. The van der Waals surface area contributed by atoms with E-state index in [1.54, 1.807) is 29.2 Å². The van der Waals surface area contributed by atoms with Gasteiger partial charge in [-0.1, -0.05) is 18.2 Å². The summed E-state index contributed by atoms with van der Waals surface area (Å²) in [5.41, 5.74) is 3.84. The SMILES string of the molecule is Cc1nc2cc(C(=O)OCC(=O)N3CCN(c4ccc(F)cc4)CC3)ccc2n1-c1ccccc1. The van der Waals surface area contributed by atoms with E-state index >= 15 is 0 Å². The van der Waals surface area contributed by atoms with Crippen molar-refractivity contribution in [3.05, 3.63) is 90.0 Å². The standard InChI is InChI=1S/C27H25FN4O3/c1-19-29-24-17-20(7-12-25(24)32(19)23-5-3-2-4-6-23)27(34)35-18-26(33)31-15-13-30(14-16-31)22-10-8-21(28)9-11-22/h2-12,17H,13-16,18H2,1H3. The van der Waals surface area contributed by atoms with Gasteiger partial charge in [0.15, 0.2) is 6.61 Å². The minimum absolute atomic E-state index is 0.234. The van der Waals surface area contributed by atoms with Crippen molar-refractivity contribution in [2.45, 2.75) is 6.92 Å². The van der Waals surface area contributed by atoms with Gasteiger partial charge < -0.3 is 14.5 Å². The first-order valence-corrected chi connectivity index (χ1v) is 11.5. The van der Waals surface area contributed by atoms with Crippen molar-refractivity contribution in [3.8, 4) is 5.69 Å². The second kappa shape index (κ2) is 9.58. The maximum absolute atomic E-state index is 13.1. The second-order valence-corrected chi connectivity index (χ2v) is 8.45. The Morgan fingerprint density at radius 3 is 2.34 bits per heavy atom. The summed E-state index contributed by atoms with van der Waals surface area (Å²) < 4.78 is 20.5. The van der Waals surface area contributed by atoms with Crippen molar-refractivity contribution in [3.63, 3.8) is 0 Å². The third kappa shape index (κ3) is 4.73. The zero-order valence-corrected chi connectivity index (χ0v) is 19.4. The molecular formula is C27H25FN4O3. The Labute approximate surface area is 202 Å². The molecule has 1 amide bonds. The summed E-state index contributed by atoms with van der Waals surface area (Å²) in [6.45, 7) is 3.88. The molecule has 0 radical (unpaired) electrons. The van der Waals surface area contributed by atoms with Gasteiger partial charge in [0.25, 0.3) is 5.91 Å². The summed E-state index contributed by atoms with van der Waals surface area (Å²) in [5.74, 6) is -0.255. The molecule has 1 fully saturated rings. The van der Waals surface area contributed by atoms with Crippen molar-refractivity contribution < 1.29 is 18.7 Å². The maximum atomic E-state index is 13.1. The molecule has 1 aliphatic rings. The first-order chi connectivity index (χ1) is 17.0. The third-order valence-electron chi connectivity index (χ3n) is 6.22. The topological polar surface area (TPSA) is 67.7 Å². The Bertz CT molecular complexity index is 1360. The van der Waals surface area contributed by atoms with Gasteiger partial charge in [0, 0.05) is 37.6 Å². The first-order valence-electron chi connectivity index (χ1n) is 11.5. The predicted molar refractivity (Wildman–Crippen MR) is 131 cm³/mol. The third-order valence-corrected chi connectivity index (χ3v) is 6.22. The Kier molecular flexibility index (Phi) is 6.18. The highest BCUT2D eigenvalue weighted by Gasteiger charge is 2.23. The quantitative estimate of drug-likeness (QED) is 0.411. The monoisotopic (exact) mass is 472 g/mol.